The molecule has 0 unspecified atom stereocenters. The van der Waals surface area contributed by atoms with Crippen molar-refractivity contribution in [1.29, 1.82) is 0 Å². The lowest BCUT2D eigenvalue weighted by Gasteiger charge is -2.08. The van der Waals surface area contributed by atoms with Gasteiger partial charge in [0.2, 0.25) is 11.8 Å². The van der Waals surface area contributed by atoms with Gasteiger partial charge in [-0.1, -0.05) is 45.2 Å². The second-order valence-electron chi connectivity index (χ2n) is 6.54. The van der Waals surface area contributed by atoms with Crippen LogP contribution in [0.5, 0.6) is 5.75 Å². The molecule has 5 nitrogen and oxygen atoms in total. The third-order valence-electron chi connectivity index (χ3n) is 4.38. The van der Waals surface area contributed by atoms with Crippen LogP contribution in [0.4, 0.5) is 5.69 Å². The van der Waals surface area contributed by atoms with Gasteiger partial charge in [-0.05, 0) is 54.6 Å². The number of hydrogen-bond acceptors (Lipinski definition) is 4. The number of carbonyl (C=O) groups excluding carboxylic acids is 1. The first kappa shape index (κ1) is 21.4. The van der Waals surface area contributed by atoms with Crippen molar-refractivity contribution in [2.75, 3.05) is 12.4 Å². The molecule has 0 aliphatic rings. The SMILES string of the molecule is COc1c(Cl)cc(Cl)cc1/C=C/C(=O)Nc1ccc2oc(-c3cccc(Br)c3)nc2c1. The summed E-state index contributed by atoms with van der Waals surface area (Å²) in [6.07, 6.45) is 2.97. The highest BCUT2D eigenvalue weighted by Crippen LogP contribution is 2.33. The summed E-state index contributed by atoms with van der Waals surface area (Å²) in [6, 6.07) is 16.2. The molecule has 4 rings (SSSR count). The lowest BCUT2D eigenvalue weighted by Crippen LogP contribution is -2.07. The molecule has 0 radical (unpaired) electrons. The van der Waals surface area contributed by atoms with Gasteiger partial charge in [-0.15, -0.1) is 0 Å². The summed E-state index contributed by atoms with van der Waals surface area (Å²) in [5.41, 5.74) is 3.31. The molecule has 1 N–H and O–H groups in total. The van der Waals surface area contributed by atoms with Gasteiger partial charge in [0.1, 0.15) is 11.3 Å². The molecule has 1 aromatic heterocycles. The second-order valence-corrected chi connectivity index (χ2v) is 8.30. The summed E-state index contributed by atoms with van der Waals surface area (Å²) < 4.78 is 12.0. The Hall–Kier alpha value is -2.80. The van der Waals surface area contributed by atoms with Gasteiger partial charge >= 0.3 is 0 Å². The van der Waals surface area contributed by atoms with Crippen LogP contribution in [-0.2, 0) is 4.79 Å². The van der Waals surface area contributed by atoms with Crippen molar-refractivity contribution < 1.29 is 13.9 Å². The van der Waals surface area contributed by atoms with Crippen LogP contribution in [0, 0.1) is 0 Å². The first-order chi connectivity index (χ1) is 14.9. The van der Waals surface area contributed by atoms with Crippen LogP contribution in [-0.4, -0.2) is 18.0 Å². The monoisotopic (exact) mass is 516 g/mol. The van der Waals surface area contributed by atoms with Crippen molar-refractivity contribution >= 4 is 67.9 Å². The van der Waals surface area contributed by atoms with E-state index < -0.39 is 0 Å². The van der Waals surface area contributed by atoms with Crippen LogP contribution in [0.2, 0.25) is 10.0 Å². The van der Waals surface area contributed by atoms with Crippen molar-refractivity contribution in [1.82, 2.24) is 4.98 Å². The molecule has 1 amide bonds. The minimum Gasteiger partial charge on any atom is -0.495 e. The average Bonchev–Trinajstić information content (AvgIpc) is 3.15. The molecule has 0 atom stereocenters. The molecule has 0 saturated heterocycles. The third-order valence-corrected chi connectivity index (χ3v) is 5.37. The number of aromatic nitrogens is 1. The van der Waals surface area contributed by atoms with Crippen molar-refractivity contribution in [2.24, 2.45) is 0 Å². The van der Waals surface area contributed by atoms with Crippen LogP contribution in [0.3, 0.4) is 0 Å². The van der Waals surface area contributed by atoms with Crippen molar-refractivity contribution in [3.05, 3.63) is 80.8 Å². The molecule has 0 fully saturated rings. The number of methoxy groups -OCH3 is 1. The van der Waals surface area contributed by atoms with Crippen LogP contribution < -0.4 is 10.1 Å². The third kappa shape index (κ3) is 4.93. The zero-order chi connectivity index (χ0) is 22.0. The number of oxazole rings is 1. The molecule has 8 heteroatoms. The molecule has 1 heterocycles. The van der Waals surface area contributed by atoms with E-state index in [1.807, 2.05) is 24.3 Å². The van der Waals surface area contributed by atoms with Gasteiger partial charge in [0, 0.05) is 32.4 Å². The Morgan fingerprint density at radius 3 is 2.77 bits per heavy atom. The maximum atomic E-state index is 12.4. The number of nitrogens with zero attached hydrogens (tertiary/aromatic N) is 1. The molecule has 156 valence electrons. The number of halogens is 3. The number of ether oxygens (including phenoxy) is 1. The first-order valence-electron chi connectivity index (χ1n) is 9.11. The standard InChI is InChI=1S/C23H15BrCl2N2O3/c1-30-22-13(10-16(25)11-18(22)26)5-8-21(29)27-17-6-7-20-19(12-17)28-23(31-20)14-3-2-4-15(24)9-14/h2-12H,1H3,(H,27,29)/b8-5+. The molecule has 0 saturated carbocycles. The Morgan fingerprint density at radius 2 is 2.00 bits per heavy atom. The van der Waals surface area contributed by atoms with Crippen molar-refractivity contribution in [3.8, 4) is 17.2 Å². The molecule has 0 spiro atoms. The van der Waals surface area contributed by atoms with Crippen LogP contribution in [0.25, 0.3) is 28.6 Å². The minimum absolute atomic E-state index is 0.326. The van der Waals surface area contributed by atoms with E-state index in [1.54, 1.807) is 36.4 Å². The van der Waals surface area contributed by atoms with Crippen molar-refractivity contribution in [2.45, 2.75) is 0 Å². The maximum absolute atomic E-state index is 12.4. The predicted molar refractivity (Wildman–Crippen MR) is 128 cm³/mol. The largest absolute Gasteiger partial charge is 0.495 e. The van der Waals surface area contributed by atoms with Gasteiger partial charge in [-0.25, -0.2) is 4.98 Å². The van der Waals surface area contributed by atoms with Gasteiger partial charge in [0.25, 0.3) is 0 Å². The number of rotatable bonds is 5. The summed E-state index contributed by atoms with van der Waals surface area (Å²) in [5, 5.41) is 3.62. The highest BCUT2D eigenvalue weighted by atomic mass is 79.9. The van der Waals surface area contributed by atoms with E-state index in [9.17, 15) is 4.79 Å². The van der Waals surface area contributed by atoms with Gasteiger partial charge in [-0.3, -0.25) is 4.79 Å². The molecule has 31 heavy (non-hydrogen) atoms. The second kappa shape index (κ2) is 9.14. The molecule has 0 bridgehead atoms. The Morgan fingerprint density at radius 1 is 1.16 bits per heavy atom. The topological polar surface area (TPSA) is 64.4 Å². The summed E-state index contributed by atoms with van der Waals surface area (Å²) in [4.78, 5) is 16.9. The Labute approximate surface area is 196 Å². The lowest BCUT2D eigenvalue weighted by molar-refractivity contribution is -0.111. The average molecular weight is 518 g/mol. The normalized spacial score (nSPS) is 11.2. The van der Waals surface area contributed by atoms with Gasteiger partial charge in [-0.2, -0.15) is 0 Å². The van der Waals surface area contributed by atoms with Gasteiger partial charge in [0.15, 0.2) is 5.58 Å². The molecule has 4 aromatic rings. The quantitative estimate of drug-likeness (QED) is 0.284. The summed E-state index contributed by atoms with van der Waals surface area (Å²) in [5.74, 6) is 0.622. The van der Waals surface area contributed by atoms with E-state index in [-0.39, 0.29) is 5.91 Å². The molecule has 0 aliphatic heterocycles. The number of amides is 1. The Balaban J connectivity index is 1.53. The van der Waals surface area contributed by atoms with E-state index in [2.05, 4.69) is 26.2 Å². The number of nitrogens with one attached hydrogen (secondary N) is 1. The van der Waals surface area contributed by atoms with E-state index in [0.717, 1.165) is 10.0 Å². The summed E-state index contributed by atoms with van der Waals surface area (Å²) in [7, 11) is 1.50. The number of benzene rings is 3. The van der Waals surface area contributed by atoms with Crippen molar-refractivity contribution in [3.63, 3.8) is 0 Å². The minimum atomic E-state index is -0.326. The Bertz CT molecular complexity index is 1320. The summed E-state index contributed by atoms with van der Waals surface area (Å²) >= 11 is 15.6. The number of fused-ring (bicyclic) bond motifs is 1. The van der Waals surface area contributed by atoms with Gasteiger partial charge < -0.3 is 14.5 Å². The zero-order valence-electron chi connectivity index (χ0n) is 16.2. The highest BCUT2D eigenvalue weighted by molar-refractivity contribution is 9.10. The van der Waals surface area contributed by atoms with E-state index >= 15 is 0 Å². The van der Waals surface area contributed by atoms with E-state index in [0.29, 0.717) is 44.0 Å². The maximum Gasteiger partial charge on any atom is 0.248 e. The molecular weight excluding hydrogens is 503 g/mol. The van der Waals surface area contributed by atoms with Gasteiger partial charge in [0.05, 0.1) is 12.1 Å². The van der Waals surface area contributed by atoms with Crippen LogP contribution >= 0.6 is 39.1 Å². The zero-order valence-corrected chi connectivity index (χ0v) is 19.3. The highest BCUT2D eigenvalue weighted by Gasteiger charge is 2.11. The lowest BCUT2D eigenvalue weighted by atomic mass is 10.2. The number of anilines is 1. The summed E-state index contributed by atoms with van der Waals surface area (Å²) in [6.45, 7) is 0. The molecule has 0 aliphatic carbocycles. The fourth-order valence-electron chi connectivity index (χ4n) is 3.02. The van der Waals surface area contributed by atoms with Crippen LogP contribution in [0.15, 0.2) is 69.6 Å². The smallest absolute Gasteiger partial charge is 0.248 e. The fourth-order valence-corrected chi connectivity index (χ4v) is 4.00. The number of hydrogen-bond donors (Lipinski definition) is 1. The Kier molecular flexibility index (Phi) is 6.32. The fraction of sp³-hybridized carbons (Fsp3) is 0.0435. The first-order valence-corrected chi connectivity index (χ1v) is 10.7. The molecular formula is C23H15BrCl2N2O3. The van der Waals surface area contributed by atoms with E-state index in [1.165, 1.54) is 13.2 Å². The predicted octanol–water partition coefficient (Wildman–Crippen LogP) is 7.22. The number of carbonyl (C=O) groups is 1. The van der Waals surface area contributed by atoms with Crippen LogP contribution in [0.1, 0.15) is 5.56 Å². The van der Waals surface area contributed by atoms with E-state index in [4.69, 9.17) is 32.4 Å². The molecule has 3 aromatic carbocycles.